The summed E-state index contributed by atoms with van der Waals surface area (Å²) in [5, 5.41) is 9.61. The molecule has 1 rings (SSSR count). The van der Waals surface area contributed by atoms with Gasteiger partial charge in [-0.2, -0.15) is 0 Å². The van der Waals surface area contributed by atoms with Crippen molar-refractivity contribution in [2.24, 2.45) is 0 Å². The van der Waals surface area contributed by atoms with E-state index in [1.54, 1.807) is 6.92 Å². The van der Waals surface area contributed by atoms with Crippen LogP contribution in [-0.4, -0.2) is 10.0 Å². The minimum Gasteiger partial charge on any atom is -0.241 e. The summed E-state index contributed by atoms with van der Waals surface area (Å²) in [6.07, 6.45) is 0. The van der Waals surface area contributed by atoms with Crippen LogP contribution in [0.3, 0.4) is 0 Å². The highest BCUT2D eigenvalue weighted by atomic mass is 35.5. The highest BCUT2D eigenvalue weighted by molar-refractivity contribution is 6.29. The van der Waals surface area contributed by atoms with Gasteiger partial charge in [-0.25, -0.2) is 15.1 Å². The molecule has 1 heterocycles. The Bertz CT molecular complexity index is 295. The normalized spacial score (nSPS) is 9.50. The number of nitro groups is 1. The second-order valence-corrected chi connectivity index (χ2v) is 2.58. The molecule has 5 nitrogen and oxygen atoms in total. The molecule has 0 spiro atoms. The van der Waals surface area contributed by atoms with Crippen LogP contribution in [0.5, 0.6) is 0 Å². The van der Waals surface area contributed by atoms with Crippen LogP contribution in [0.25, 0.3) is 0 Å². The van der Waals surface area contributed by atoms with E-state index in [4.69, 9.17) is 11.6 Å². The van der Waals surface area contributed by atoms with Gasteiger partial charge in [0.05, 0.1) is 0 Å². The smallest absolute Gasteiger partial charge is 0.162 e. The maximum atomic E-state index is 10.0. The molecule has 0 aromatic carbocycles. The second-order valence-electron chi connectivity index (χ2n) is 2.19. The van der Waals surface area contributed by atoms with Gasteiger partial charge in [-0.3, -0.25) is 0 Å². The number of hydrogen-bond acceptors (Lipinski definition) is 3. The maximum absolute atomic E-state index is 10.0. The molecular weight excluding hydrogens is 182 g/mol. The van der Waals surface area contributed by atoms with Crippen molar-refractivity contribution < 1.29 is 5.03 Å². The molecule has 0 radical (unpaired) electrons. The zero-order valence-electron chi connectivity index (χ0n) is 6.24. The number of nitrogens with zero attached hydrogens (tertiary/aromatic N) is 2. The van der Waals surface area contributed by atoms with Crippen LogP contribution in [0.4, 0.5) is 5.69 Å². The van der Waals surface area contributed by atoms with Crippen molar-refractivity contribution in [3.05, 3.63) is 33.1 Å². The van der Waals surface area contributed by atoms with Crippen LogP contribution in [0.15, 0.2) is 12.1 Å². The SMILES string of the molecule is Cc1cc(N[N+](=O)[O-])cc(Cl)n1. The van der Waals surface area contributed by atoms with Gasteiger partial charge in [0.2, 0.25) is 0 Å². The molecule has 0 saturated carbocycles. The number of pyridine rings is 1. The molecule has 0 bridgehead atoms. The van der Waals surface area contributed by atoms with Gasteiger partial charge in [0.25, 0.3) is 0 Å². The third kappa shape index (κ3) is 2.35. The fraction of sp³-hybridized carbons (Fsp3) is 0.167. The Balaban J connectivity index is 2.93. The minimum atomic E-state index is -0.648. The van der Waals surface area contributed by atoms with E-state index in [1.807, 2.05) is 5.43 Å². The summed E-state index contributed by atoms with van der Waals surface area (Å²) in [5.74, 6) is 0. The zero-order valence-corrected chi connectivity index (χ0v) is 7.00. The lowest BCUT2D eigenvalue weighted by Gasteiger charge is -1.98. The Morgan fingerprint density at radius 1 is 1.67 bits per heavy atom. The van der Waals surface area contributed by atoms with Crippen molar-refractivity contribution in [1.29, 1.82) is 0 Å². The molecule has 0 fully saturated rings. The first-order valence-corrected chi connectivity index (χ1v) is 3.51. The second kappa shape index (κ2) is 3.36. The quantitative estimate of drug-likeness (QED) is 0.434. The molecule has 6 heteroatoms. The number of rotatable bonds is 2. The van der Waals surface area contributed by atoms with E-state index in [2.05, 4.69) is 4.98 Å². The van der Waals surface area contributed by atoms with Crippen LogP contribution < -0.4 is 5.43 Å². The van der Waals surface area contributed by atoms with Crippen molar-refractivity contribution in [3.8, 4) is 0 Å². The van der Waals surface area contributed by atoms with E-state index in [0.29, 0.717) is 11.4 Å². The van der Waals surface area contributed by atoms with Crippen molar-refractivity contribution in [2.75, 3.05) is 5.43 Å². The third-order valence-corrected chi connectivity index (χ3v) is 1.34. The summed E-state index contributed by atoms with van der Waals surface area (Å²) in [6.45, 7) is 1.71. The van der Waals surface area contributed by atoms with Crippen molar-refractivity contribution >= 4 is 17.3 Å². The van der Waals surface area contributed by atoms with Gasteiger partial charge < -0.3 is 0 Å². The lowest BCUT2D eigenvalue weighted by Crippen LogP contribution is -2.08. The molecule has 0 aliphatic heterocycles. The van der Waals surface area contributed by atoms with Gasteiger partial charge in [-0.05, 0) is 13.0 Å². The summed E-state index contributed by atoms with van der Waals surface area (Å²) in [6, 6.07) is 2.92. The number of aryl methyl sites for hydroxylation is 1. The lowest BCUT2D eigenvalue weighted by atomic mass is 10.3. The number of halogens is 1. The van der Waals surface area contributed by atoms with Crippen LogP contribution >= 0.6 is 11.6 Å². The summed E-state index contributed by atoms with van der Waals surface area (Å²) < 4.78 is 0. The predicted molar refractivity (Wildman–Crippen MR) is 44.6 cm³/mol. The number of anilines is 1. The molecule has 1 aromatic rings. The van der Waals surface area contributed by atoms with Gasteiger partial charge in [0, 0.05) is 11.8 Å². The number of nitrogens with one attached hydrogen (secondary N) is 1. The van der Waals surface area contributed by atoms with E-state index < -0.39 is 5.03 Å². The molecule has 12 heavy (non-hydrogen) atoms. The molecule has 64 valence electrons. The lowest BCUT2D eigenvalue weighted by molar-refractivity contribution is -0.445. The number of hydrazine groups is 1. The van der Waals surface area contributed by atoms with Crippen LogP contribution in [-0.2, 0) is 0 Å². The van der Waals surface area contributed by atoms with Crippen LogP contribution in [0, 0.1) is 17.0 Å². The van der Waals surface area contributed by atoms with Crippen molar-refractivity contribution in [3.63, 3.8) is 0 Å². The molecule has 1 aromatic heterocycles. The first kappa shape index (κ1) is 8.73. The third-order valence-electron chi connectivity index (χ3n) is 1.14. The predicted octanol–water partition coefficient (Wildman–Crippen LogP) is 1.65. The van der Waals surface area contributed by atoms with Gasteiger partial charge in [-0.1, -0.05) is 11.6 Å². The van der Waals surface area contributed by atoms with E-state index in [0.717, 1.165) is 0 Å². The fourth-order valence-electron chi connectivity index (χ4n) is 0.798. The molecule has 0 amide bonds. The van der Waals surface area contributed by atoms with E-state index in [9.17, 15) is 10.1 Å². The largest absolute Gasteiger partial charge is 0.241 e. The summed E-state index contributed by atoms with van der Waals surface area (Å²) >= 11 is 5.56. The molecule has 1 N–H and O–H groups in total. The maximum Gasteiger partial charge on any atom is 0.162 e. The average Bonchev–Trinajstić information content (AvgIpc) is 1.81. The summed E-state index contributed by atoms with van der Waals surface area (Å²) in [7, 11) is 0. The van der Waals surface area contributed by atoms with Crippen molar-refractivity contribution in [1.82, 2.24) is 4.98 Å². The Morgan fingerprint density at radius 2 is 2.33 bits per heavy atom. The summed E-state index contributed by atoms with van der Waals surface area (Å²) in [5.41, 5.74) is 2.95. The van der Waals surface area contributed by atoms with Crippen LogP contribution in [0.1, 0.15) is 5.69 Å². The Labute approximate surface area is 73.5 Å². The number of hydrogen-bond donors (Lipinski definition) is 1. The molecular formula is C6H6ClN3O2. The number of aromatic nitrogens is 1. The van der Waals surface area contributed by atoms with E-state index in [-0.39, 0.29) is 5.15 Å². The first-order valence-electron chi connectivity index (χ1n) is 3.13. The van der Waals surface area contributed by atoms with E-state index >= 15 is 0 Å². The van der Waals surface area contributed by atoms with Gasteiger partial charge in [-0.15, -0.1) is 5.43 Å². The van der Waals surface area contributed by atoms with Gasteiger partial charge in [0.15, 0.2) is 5.03 Å². The fourth-order valence-corrected chi connectivity index (χ4v) is 1.05. The zero-order chi connectivity index (χ0) is 9.14. The topological polar surface area (TPSA) is 68.1 Å². The summed E-state index contributed by atoms with van der Waals surface area (Å²) in [4.78, 5) is 13.9. The molecule has 0 aliphatic rings. The average molecular weight is 188 g/mol. The Morgan fingerprint density at radius 3 is 2.83 bits per heavy atom. The first-order chi connectivity index (χ1) is 5.58. The highest BCUT2D eigenvalue weighted by Crippen LogP contribution is 2.14. The standard InChI is InChI=1S/C6H6ClN3O2/c1-4-2-5(9-10(11)12)3-6(7)8-4/h2-3H,1H3,(H,8,9). The van der Waals surface area contributed by atoms with Crippen molar-refractivity contribution in [2.45, 2.75) is 6.92 Å². The van der Waals surface area contributed by atoms with Crippen LogP contribution in [0.2, 0.25) is 5.15 Å². The van der Waals surface area contributed by atoms with Gasteiger partial charge >= 0.3 is 0 Å². The minimum absolute atomic E-state index is 0.236. The highest BCUT2D eigenvalue weighted by Gasteiger charge is 2.01. The molecule has 0 saturated heterocycles. The van der Waals surface area contributed by atoms with E-state index in [1.165, 1.54) is 12.1 Å². The Kier molecular flexibility index (Phi) is 2.44. The molecule has 0 unspecified atom stereocenters. The monoisotopic (exact) mass is 187 g/mol. The Hall–Kier alpha value is -1.36. The van der Waals surface area contributed by atoms with Gasteiger partial charge in [0.1, 0.15) is 10.8 Å². The molecule has 0 aliphatic carbocycles. The molecule has 0 atom stereocenters.